The van der Waals surface area contributed by atoms with Crippen molar-refractivity contribution in [2.45, 2.75) is 19.9 Å². The van der Waals surface area contributed by atoms with Gasteiger partial charge in [-0.15, -0.1) is 11.3 Å². The number of aliphatic hydroxyl groups is 1. The highest BCUT2D eigenvalue weighted by atomic mass is 32.1. The Labute approximate surface area is 167 Å². The fraction of sp³-hybridized carbons (Fsp3) is 0.190. The van der Waals surface area contributed by atoms with E-state index in [1.165, 1.54) is 0 Å². The zero-order valence-electron chi connectivity index (χ0n) is 15.7. The monoisotopic (exact) mass is 391 g/mol. The summed E-state index contributed by atoms with van der Waals surface area (Å²) in [5.74, 6) is 1.14. The molecular formula is C21H21N5OS. The van der Waals surface area contributed by atoms with E-state index in [9.17, 15) is 5.11 Å². The molecule has 3 N–H and O–H groups in total. The maximum atomic E-state index is 9.35. The molecule has 6 nitrogen and oxygen atoms in total. The van der Waals surface area contributed by atoms with Crippen molar-refractivity contribution in [1.82, 2.24) is 15.0 Å². The predicted octanol–water partition coefficient (Wildman–Crippen LogP) is 4.60. The van der Waals surface area contributed by atoms with Crippen LogP contribution in [0.3, 0.4) is 0 Å². The van der Waals surface area contributed by atoms with E-state index in [2.05, 4.69) is 31.7 Å². The van der Waals surface area contributed by atoms with Gasteiger partial charge in [0.1, 0.15) is 5.82 Å². The molecule has 4 rings (SSSR count). The number of anilines is 3. The Hall–Kier alpha value is -3.03. The van der Waals surface area contributed by atoms with E-state index in [0.29, 0.717) is 11.8 Å². The van der Waals surface area contributed by atoms with Crippen LogP contribution in [0, 0.1) is 6.92 Å². The molecule has 0 saturated heterocycles. The Morgan fingerprint density at radius 2 is 1.86 bits per heavy atom. The van der Waals surface area contributed by atoms with Gasteiger partial charge < -0.3 is 15.7 Å². The zero-order valence-corrected chi connectivity index (χ0v) is 16.5. The Morgan fingerprint density at radius 3 is 2.64 bits per heavy atom. The van der Waals surface area contributed by atoms with Crippen LogP contribution < -0.4 is 10.6 Å². The number of aryl methyl sites for hydroxylation is 1. The normalized spacial score (nSPS) is 12.1. The largest absolute Gasteiger partial charge is 0.394 e. The molecule has 0 saturated carbocycles. The van der Waals surface area contributed by atoms with Crippen LogP contribution in [0.4, 0.5) is 17.5 Å². The standard InChI is InChI=1S/C21H21N5OS/c1-13(12-27)22-21-25-17(15-6-4-3-5-7-15)11-20(26-21)24-16-8-9-19-18(10-16)23-14(2)28-19/h3-11,13,27H,12H2,1-2H3,(H2,22,24,25,26)/t13-/m0/s1. The third kappa shape index (κ3) is 4.11. The Bertz CT molecular complexity index is 1100. The second-order valence-electron chi connectivity index (χ2n) is 6.60. The summed E-state index contributed by atoms with van der Waals surface area (Å²) in [5.41, 5.74) is 3.68. The molecule has 0 spiro atoms. The number of hydrogen-bond acceptors (Lipinski definition) is 7. The molecule has 2 heterocycles. The molecule has 1 atom stereocenters. The van der Waals surface area contributed by atoms with Crippen LogP contribution in [0.15, 0.2) is 54.6 Å². The fourth-order valence-corrected chi connectivity index (χ4v) is 3.67. The molecule has 2 aromatic carbocycles. The summed E-state index contributed by atoms with van der Waals surface area (Å²) in [6, 6.07) is 17.8. The number of nitrogens with one attached hydrogen (secondary N) is 2. The molecule has 0 fully saturated rings. The van der Waals surface area contributed by atoms with Crippen LogP contribution in [-0.2, 0) is 0 Å². The van der Waals surface area contributed by atoms with Gasteiger partial charge >= 0.3 is 0 Å². The maximum absolute atomic E-state index is 9.35. The first-order valence-corrected chi connectivity index (χ1v) is 9.88. The number of aromatic nitrogens is 3. The zero-order chi connectivity index (χ0) is 19.5. The van der Waals surface area contributed by atoms with Crippen LogP contribution in [0.5, 0.6) is 0 Å². The number of nitrogens with zero attached hydrogens (tertiary/aromatic N) is 3. The van der Waals surface area contributed by atoms with Crippen LogP contribution in [-0.4, -0.2) is 32.7 Å². The van der Waals surface area contributed by atoms with E-state index >= 15 is 0 Å². The number of thiazole rings is 1. The molecule has 0 aliphatic carbocycles. The molecule has 0 unspecified atom stereocenters. The molecule has 0 bridgehead atoms. The van der Waals surface area contributed by atoms with E-state index < -0.39 is 0 Å². The van der Waals surface area contributed by atoms with Crippen LogP contribution in [0.2, 0.25) is 0 Å². The van der Waals surface area contributed by atoms with Gasteiger partial charge in [0, 0.05) is 23.4 Å². The number of fused-ring (bicyclic) bond motifs is 1. The lowest BCUT2D eigenvalue weighted by Crippen LogP contribution is -2.21. The van der Waals surface area contributed by atoms with Gasteiger partial charge in [-0.05, 0) is 32.0 Å². The molecule has 142 valence electrons. The van der Waals surface area contributed by atoms with Gasteiger partial charge in [-0.1, -0.05) is 30.3 Å². The van der Waals surface area contributed by atoms with Gasteiger partial charge in [-0.2, -0.15) is 4.98 Å². The van der Waals surface area contributed by atoms with Gasteiger partial charge in [0.15, 0.2) is 0 Å². The van der Waals surface area contributed by atoms with Gasteiger partial charge in [-0.3, -0.25) is 0 Å². The SMILES string of the molecule is Cc1nc2cc(Nc3cc(-c4ccccc4)nc(N[C@@H](C)CO)n3)ccc2s1. The smallest absolute Gasteiger partial charge is 0.225 e. The second-order valence-corrected chi connectivity index (χ2v) is 7.83. The summed E-state index contributed by atoms with van der Waals surface area (Å²) in [6.45, 7) is 3.89. The Balaban J connectivity index is 1.70. The van der Waals surface area contributed by atoms with Crippen molar-refractivity contribution in [1.29, 1.82) is 0 Å². The lowest BCUT2D eigenvalue weighted by molar-refractivity contribution is 0.281. The fourth-order valence-electron chi connectivity index (χ4n) is 2.87. The minimum Gasteiger partial charge on any atom is -0.394 e. The van der Waals surface area contributed by atoms with E-state index in [-0.39, 0.29) is 12.6 Å². The average Bonchev–Trinajstić information content (AvgIpc) is 3.07. The van der Waals surface area contributed by atoms with Gasteiger partial charge in [0.05, 0.1) is 27.5 Å². The molecule has 2 aromatic heterocycles. The molecular weight excluding hydrogens is 370 g/mol. The minimum absolute atomic E-state index is 0.00152. The summed E-state index contributed by atoms with van der Waals surface area (Å²) in [4.78, 5) is 13.7. The van der Waals surface area contributed by atoms with Crippen molar-refractivity contribution >= 4 is 39.0 Å². The first-order chi connectivity index (χ1) is 13.6. The molecule has 0 amide bonds. The number of rotatable bonds is 6. The third-order valence-electron chi connectivity index (χ3n) is 4.21. The van der Waals surface area contributed by atoms with Crippen LogP contribution in [0.1, 0.15) is 11.9 Å². The first kappa shape index (κ1) is 18.3. The van der Waals surface area contributed by atoms with Gasteiger partial charge in [-0.25, -0.2) is 9.97 Å². The van der Waals surface area contributed by atoms with Gasteiger partial charge in [0.2, 0.25) is 5.95 Å². The summed E-state index contributed by atoms with van der Waals surface area (Å²) in [5, 5.41) is 16.9. The molecule has 28 heavy (non-hydrogen) atoms. The van der Waals surface area contributed by atoms with E-state index in [0.717, 1.165) is 32.2 Å². The van der Waals surface area contributed by atoms with Crippen molar-refractivity contribution in [2.75, 3.05) is 17.2 Å². The van der Waals surface area contributed by atoms with E-state index in [4.69, 9.17) is 0 Å². The summed E-state index contributed by atoms with van der Waals surface area (Å²) >= 11 is 1.68. The lowest BCUT2D eigenvalue weighted by atomic mass is 10.1. The molecule has 4 aromatic rings. The number of aliphatic hydroxyl groups excluding tert-OH is 1. The Morgan fingerprint density at radius 1 is 1.04 bits per heavy atom. The van der Waals surface area contributed by atoms with E-state index in [1.807, 2.05) is 62.4 Å². The Kier molecular flexibility index (Phi) is 5.18. The van der Waals surface area contributed by atoms with Crippen molar-refractivity contribution in [3.05, 3.63) is 59.6 Å². The summed E-state index contributed by atoms with van der Waals surface area (Å²) < 4.78 is 1.16. The minimum atomic E-state index is -0.145. The number of benzene rings is 2. The quantitative estimate of drug-likeness (QED) is 0.446. The molecule has 0 aliphatic rings. The van der Waals surface area contributed by atoms with Crippen molar-refractivity contribution in [3.63, 3.8) is 0 Å². The first-order valence-electron chi connectivity index (χ1n) is 9.07. The summed E-state index contributed by atoms with van der Waals surface area (Å²) in [7, 11) is 0. The topological polar surface area (TPSA) is 83.0 Å². The highest BCUT2D eigenvalue weighted by Crippen LogP contribution is 2.27. The summed E-state index contributed by atoms with van der Waals surface area (Å²) in [6.07, 6.45) is 0. The average molecular weight is 392 g/mol. The van der Waals surface area contributed by atoms with Crippen LogP contribution >= 0.6 is 11.3 Å². The third-order valence-corrected chi connectivity index (χ3v) is 5.16. The second kappa shape index (κ2) is 7.92. The van der Waals surface area contributed by atoms with Crippen molar-refractivity contribution < 1.29 is 5.11 Å². The molecule has 0 aliphatic heterocycles. The van der Waals surface area contributed by atoms with Crippen molar-refractivity contribution in [3.8, 4) is 11.3 Å². The van der Waals surface area contributed by atoms with E-state index in [1.54, 1.807) is 11.3 Å². The lowest BCUT2D eigenvalue weighted by Gasteiger charge is -2.14. The molecule has 0 radical (unpaired) electrons. The van der Waals surface area contributed by atoms with Crippen LogP contribution in [0.25, 0.3) is 21.5 Å². The highest BCUT2D eigenvalue weighted by Gasteiger charge is 2.10. The predicted molar refractivity (Wildman–Crippen MR) is 115 cm³/mol. The highest BCUT2D eigenvalue weighted by molar-refractivity contribution is 7.18. The molecule has 7 heteroatoms. The van der Waals surface area contributed by atoms with Gasteiger partial charge in [0.25, 0.3) is 0 Å². The van der Waals surface area contributed by atoms with Crippen molar-refractivity contribution in [2.24, 2.45) is 0 Å². The maximum Gasteiger partial charge on any atom is 0.225 e. The number of hydrogen-bond donors (Lipinski definition) is 3.